The molecule has 1 aromatic heterocycles. The molecule has 1 amide bonds. The Morgan fingerprint density at radius 3 is 2.35 bits per heavy atom. The van der Waals surface area contributed by atoms with E-state index in [2.05, 4.69) is 23.3 Å². The van der Waals surface area contributed by atoms with Gasteiger partial charge in [0.15, 0.2) is 0 Å². The van der Waals surface area contributed by atoms with Crippen molar-refractivity contribution in [3.8, 4) is 11.8 Å². The highest BCUT2D eigenvalue weighted by atomic mass is 32.2. The molecular formula is C34H38N6O5S. The number of hydrogen-bond acceptors (Lipinski definition) is 8. The number of imidazole rings is 1. The van der Waals surface area contributed by atoms with Crippen LogP contribution in [-0.2, 0) is 14.8 Å². The predicted octanol–water partition coefficient (Wildman–Crippen LogP) is 3.18. The summed E-state index contributed by atoms with van der Waals surface area (Å²) in [5.74, 6) is 0.165. The normalized spacial score (nSPS) is 18.7. The van der Waals surface area contributed by atoms with Gasteiger partial charge in [0.25, 0.3) is 15.9 Å². The monoisotopic (exact) mass is 642 g/mol. The lowest BCUT2D eigenvalue weighted by Crippen LogP contribution is -2.54. The number of nitrogens with one attached hydrogen (secondary N) is 1. The average Bonchev–Trinajstić information content (AvgIpc) is 3.37. The minimum Gasteiger partial charge on any atom is -0.497 e. The first-order chi connectivity index (χ1) is 22.2. The van der Waals surface area contributed by atoms with Crippen molar-refractivity contribution in [1.29, 1.82) is 5.26 Å². The first-order valence-electron chi connectivity index (χ1n) is 15.6. The molecule has 2 aliphatic rings. The van der Waals surface area contributed by atoms with Crippen LogP contribution in [0.3, 0.4) is 0 Å². The Morgan fingerprint density at radius 1 is 0.957 bits per heavy atom. The van der Waals surface area contributed by atoms with E-state index in [1.807, 2.05) is 6.07 Å². The number of aromatic nitrogens is 2. The number of carbonyl (C=O) groups is 1. The maximum atomic E-state index is 14.6. The molecule has 0 bridgehead atoms. The van der Waals surface area contributed by atoms with Gasteiger partial charge in [-0.05, 0) is 93.8 Å². The minimum atomic E-state index is -4.41. The second-order valence-electron chi connectivity index (χ2n) is 12.1. The number of rotatable bonds is 8. The standard InChI is InChI=1S/C34H38N6O5S/c1-37-19-16-26(17-20-37)36-27-9-6-18-38(23-27)33(41)32(25-7-4-3-5-8-25)39-31-21-24(22-35)10-15-30(31)40(34(39)42)46(43,44)29-13-11-28(45-2)12-14-29/h3-5,7-8,10-15,21,26-27,32,36H,6,9,16-20,23H2,1-2H3/t27-,32?/m1/s1. The second-order valence-corrected chi connectivity index (χ2v) is 13.9. The minimum absolute atomic E-state index is 0.0778. The Hall–Kier alpha value is -4.44. The van der Waals surface area contributed by atoms with E-state index in [1.54, 1.807) is 29.2 Å². The van der Waals surface area contributed by atoms with Gasteiger partial charge in [0.2, 0.25) is 0 Å². The van der Waals surface area contributed by atoms with Crippen LogP contribution in [0.4, 0.5) is 0 Å². The van der Waals surface area contributed by atoms with Crippen LogP contribution >= 0.6 is 0 Å². The predicted molar refractivity (Wildman–Crippen MR) is 174 cm³/mol. The molecule has 0 aliphatic carbocycles. The number of carbonyl (C=O) groups excluding carboxylic acids is 1. The quantitative estimate of drug-likeness (QED) is 0.310. The Morgan fingerprint density at radius 2 is 1.67 bits per heavy atom. The van der Waals surface area contributed by atoms with Gasteiger partial charge < -0.3 is 19.9 Å². The van der Waals surface area contributed by atoms with Crippen molar-refractivity contribution in [3.05, 3.63) is 94.4 Å². The van der Waals surface area contributed by atoms with Crippen molar-refractivity contribution in [2.45, 2.75) is 48.7 Å². The zero-order chi connectivity index (χ0) is 32.4. The van der Waals surface area contributed by atoms with E-state index < -0.39 is 21.8 Å². The van der Waals surface area contributed by atoms with Crippen LogP contribution in [0.25, 0.3) is 11.0 Å². The van der Waals surface area contributed by atoms with Crippen molar-refractivity contribution < 1.29 is 17.9 Å². The van der Waals surface area contributed by atoms with Crippen molar-refractivity contribution in [2.75, 3.05) is 40.3 Å². The number of piperidine rings is 2. The van der Waals surface area contributed by atoms with Gasteiger partial charge in [0.1, 0.15) is 11.8 Å². The summed E-state index contributed by atoms with van der Waals surface area (Å²) < 4.78 is 35.3. The molecule has 2 fully saturated rings. The molecule has 0 radical (unpaired) electrons. The Bertz CT molecular complexity index is 1920. The number of benzene rings is 3. The average molecular weight is 643 g/mol. The van der Waals surface area contributed by atoms with Crippen molar-refractivity contribution in [3.63, 3.8) is 0 Å². The van der Waals surface area contributed by atoms with E-state index in [0.29, 0.717) is 30.4 Å². The molecule has 11 nitrogen and oxygen atoms in total. The van der Waals surface area contributed by atoms with Crippen molar-refractivity contribution in [2.24, 2.45) is 0 Å². The molecule has 2 aliphatic heterocycles. The molecule has 2 saturated heterocycles. The molecule has 12 heteroatoms. The molecule has 0 saturated carbocycles. The molecule has 46 heavy (non-hydrogen) atoms. The fourth-order valence-electron chi connectivity index (χ4n) is 6.63. The lowest BCUT2D eigenvalue weighted by Gasteiger charge is -2.39. The number of methoxy groups -OCH3 is 1. The first-order valence-corrected chi connectivity index (χ1v) is 17.0. The third-order valence-corrected chi connectivity index (χ3v) is 10.8. The maximum absolute atomic E-state index is 14.6. The summed E-state index contributed by atoms with van der Waals surface area (Å²) >= 11 is 0. The summed E-state index contributed by atoms with van der Waals surface area (Å²) in [5, 5.41) is 13.5. The van der Waals surface area contributed by atoms with E-state index in [4.69, 9.17) is 4.74 Å². The van der Waals surface area contributed by atoms with Gasteiger partial charge in [0.05, 0.1) is 34.7 Å². The molecule has 240 valence electrons. The summed E-state index contributed by atoms with van der Waals surface area (Å²) in [4.78, 5) is 33.1. The van der Waals surface area contributed by atoms with Crippen molar-refractivity contribution in [1.82, 2.24) is 23.7 Å². The van der Waals surface area contributed by atoms with Gasteiger partial charge in [0, 0.05) is 25.2 Å². The summed E-state index contributed by atoms with van der Waals surface area (Å²) in [7, 11) is -0.805. The number of nitriles is 1. The fraction of sp³-hybridized carbons (Fsp3) is 0.382. The zero-order valence-corrected chi connectivity index (χ0v) is 26.8. The van der Waals surface area contributed by atoms with Gasteiger partial charge in [-0.3, -0.25) is 9.36 Å². The molecule has 1 unspecified atom stereocenters. The topological polar surface area (TPSA) is 130 Å². The molecule has 4 aromatic rings. The Labute approximate surface area is 268 Å². The van der Waals surface area contributed by atoms with Gasteiger partial charge in [-0.25, -0.2) is 13.2 Å². The number of ether oxygens (including phenoxy) is 1. The number of nitrogens with zero attached hydrogens (tertiary/aromatic N) is 5. The highest BCUT2D eigenvalue weighted by Crippen LogP contribution is 2.29. The SMILES string of the molecule is COc1ccc(S(=O)(=O)n2c(=O)n(C(C(=O)N3CCC[C@@H](NC4CCN(C)CC4)C3)c3ccccc3)c3cc(C#N)ccc32)cc1. The van der Waals surface area contributed by atoms with Crippen LogP contribution in [0.1, 0.15) is 42.9 Å². The molecule has 3 heterocycles. The molecule has 2 atom stereocenters. The van der Waals surface area contributed by atoms with Gasteiger partial charge in [-0.1, -0.05) is 30.3 Å². The highest BCUT2D eigenvalue weighted by molar-refractivity contribution is 7.90. The zero-order valence-electron chi connectivity index (χ0n) is 26.0. The van der Waals surface area contributed by atoms with E-state index in [9.17, 15) is 23.3 Å². The smallest absolute Gasteiger partial charge is 0.344 e. The number of likely N-dealkylation sites (tertiary alicyclic amines) is 2. The maximum Gasteiger partial charge on any atom is 0.344 e. The molecule has 0 spiro atoms. The Kier molecular flexibility index (Phi) is 8.99. The largest absolute Gasteiger partial charge is 0.497 e. The van der Waals surface area contributed by atoms with Crippen LogP contribution in [0, 0.1) is 11.3 Å². The van der Waals surface area contributed by atoms with E-state index >= 15 is 0 Å². The lowest BCUT2D eigenvalue weighted by atomic mass is 9.98. The number of amides is 1. The number of hydrogen-bond donors (Lipinski definition) is 1. The molecule has 1 N–H and O–H groups in total. The second kappa shape index (κ2) is 13.1. The lowest BCUT2D eigenvalue weighted by molar-refractivity contribution is -0.135. The van der Waals surface area contributed by atoms with Gasteiger partial charge in [-0.15, -0.1) is 0 Å². The van der Waals surface area contributed by atoms with Crippen LogP contribution in [0.2, 0.25) is 0 Å². The van der Waals surface area contributed by atoms with E-state index in [0.717, 1.165) is 42.7 Å². The van der Waals surface area contributed by atoms with Gasteiger partial charge >= 0.3 is 5.69 Å². The van der Waals surface area contributed by atoms with Crippen LogP contribution in [0.5, 0.6) is 5.75 Å². The van der Waals surface area contributed by atoms with Crippen LogP contribution in [0.15, 0.2) is 82.5 Å². The van der Waals surface area contributed by atoms with Gasteiger partial charge in [-0.2, -0.15) is 9.23 Å². The molecular weight excluding hydrogens is 604 g/mol. The molecule has 6 rings (SSSR count). The third-order valence-electron chi connectivity index (χ3n) is 9.09. The first kappa shape index (κ1) is 31.5. The van der Waals surface area contributed by atoms with Crippen molar-refractivity contribution >= 4 is 27.0 Å². The Balaban J connectivity index is 1.45. The van der Waals surface area contributed by atoms with E-state index in [1.165, 1.54) is 54.1 Å². The van der Waals surface area contributed by atoms with E-state index in [-0.39, 0.29) is 33.4 Å². The van der Waals surface area contributed by atoms with Crippen LogP contribution < -0.4 is 15.7 Å². The summed E-state index contributed by atoms with van der Waals surface area (Å²) in [6, 6.07) is 20.5. The van der Waals surface area contributed by atoms with Crippen LogP contribution in [-0.4, -0.2) is 85.1 Å². The number of fused-ring (bicyclic) bond motifs is 1. The summed E-state index contributed by atoms with van der Waals surface area (Å²) in [6.45, 7) is 3.06. The third kappa shape index (κ3) is 6.06. The highest BCUT2D eigenvalue weighted by Gasteiger charge is 2.36. The summed E-state index contributed by atoms with van der Waals surface area (Å²) in [5.41, 5.74) is 0.152. The molecule has 3 aromatic carbocycles. The fourth-order valence-corrected chi connectivity index (χ4v) is 8.03. The summed E-state index contributed by atoms with van der Waals surface area (Å²) in [6.07, 6.45) is 3.84.